The summed E-state index contributed by atoms with van der Waals surface area (Å²) >= 11 is 0. The first-order chi connectivity index (χ1) is 8.04. The summed E-state index contributed by atoms with van der Waals surface area (Å²) in [6.07, 6.45) is 0.175. The molecule has 2 N–H and O–H groups in total. The summed E-state index contributed by atoms with van der Waals surface area (Å²) in [6.45, 7) is 3.09. The molecule has 0 aliphatic heterocycles. The molecule has 0 saturated heterocycles. The van der Waals surface area contributed by atoms with E-state index in [1.807, 2.05) is 6.92 Å². The van der Waals surface area contributed by atoms with E-state index in [0.717, 1.165) is 18.7 Å². The molecule has 0 spiro atoms. The molecular formula is C11H13F3N2O. The molecule has 6 heteroatoms. The maximum absolute atomic E-state index is 12.8. The molecule has 0 aromatic heterocycles. The number of carbonyl (C=O) groups excluding carboxylic acids is 1. The lowest BCUT2D eigenvalue weighted by atomic mass is 10.2. The number of benzene rings is 1. The minimum absolute atomic E-state index is 0.0945. The second-order valence-electron chi connectivity index (χ2n) is 3.41. The van der Waals surface area contributed by atoms with Crippen molar-refractivity contribution in [3.05, 3.63) is 29.6 Å². The fraction of sp³-hybridized carbons (Fsp3) is 0.364. The van der Waals surface area contributed by atoms with Gasteiger partial charge in [0.1, 0.15) is 0 Å². The van der Waals surface area contributed by atoms with Gasteiger partial charge in [-0.1, -0.05) is 6.92 Å². The number of nitrogens with one attached hydrogen (secondary N) is 2. The van der Waals surface area contributed by atoms with Crippen LogP contribution in [0.25, 0.3) is 0 Å². The van der Waals surface area contributed by atoms with E-state index in [0.29, 0.717) is 6.54 Å². The Kier molecular flexibility index (Phi) is 4.96. The maximum atomic E-state index is 12.8. The van der Waals surface area contributed by atoms with Crippen molar-refractivity contribution in [1.29, 1.82) is 0 Å². The number of rotatable bonds is 5. The number of hydrogen-bond donors (Lipinski definition) is 2. The summed E-state index contributed by atoms with van der Waals surface area (Å²) in [5, 5.41) is 5.21. The molecule has 3 nitrogen and oxygen atoms in total. The number of hydrogen-bond acceptors (Lipinski definition) is 2. The Morgan fingerprint density at radius 2 is 1.82 bits per heavy atom. The molecular weight excluding hydrogens is 233 g/mol. The van der Waals surface area contributed by atoms with Gasteiger partial charge in [0.15, 0.2) is 17.5 Å². The maximum Gasteiger partial charge on any atom is 0.225 e. The van der Waals surface area contributed by atoms with Crippen LogP contribution in [-0.4, -0.2) is 19.0 Å². The van der Waals surface area contributed by atoms with Crippen molar-refractivity contribution in [2.45, 2.75) is 13.3 Å². The fourth-order valence-corrected chi connectivity index (χ4v) is 1.23. The van der Waals surface area contributed by atoms with Crippen molar-refractivity contribution < 1.29 is 18.0 Å². The molecule has 0 atom stereocenters. The monoisotopic (exact) mass is 246 g/mol. The highest BCUT2D eigenvalue weighted by molar-refractivity contribution is 5.90. The van der Waals surface area contributed by atoms with Crippen molar-refractivity contribution in [1.82, 2.24) is 5.32 Å². The second kappa shape index (κ2) is 6.24. The summed E-state index contributed by atoms with van der Waals surface area (Å²) in [6, 6.07) is 1.48. The van der Waals surface area contributed by atoms with Gasteiger partial charge in [0.2, 0.25) is 5.91 Å². The van der Waals surface area contributed by atoms with E-state index in [1.165, 1.54) is 0 Å². The van der Waals surface area contributed by atoms with Gasteiger partial charge in [-0.25, -0.2) is 13.2 Å². The van der Waals surface area contributed by atoms with Gasteiger partial charge in [-0.05, 0) is 6.54 Å². The van der Waals surface area contributed by atoms with Crippen LogP contribution in [0, 0.1) is 17.5 Å². The zero-order chi connectivity index (χ0) is 12.8. The predicted octanol–water partition coefficient (Wildman–Crippen LogP) is 2.04. The molecule has 0 heterocycles. The fourth-order valence-electron chi connectivity index (χ4n) is 1.23. The molecule has 1 amide bonds. The van der Waals surface area contributed by atoms with Crippen LogP contribution in [0.1, 0.15) is 13.3 Å². The minimum Gasteiger partial charge on any atom is -0.326 e. The molecule has 94 valence electrons. The topological polar surface area (TPSA) is 41.1 Å². The van der Waals surface area contributed by atoms with Crippen molar-refractivity contribution >= 4 is 11.6 Å². The lowest BCUT2D eigenvalue weighted by Crippen LogP contribution is -2.21. The third-order valence-corrected chi connectivity index (χ3v) is 2.05. The molecule has 17 heavy (non-hydrogen) atoms. The molecule has 1 aromatic rings. The van der Waals surface area contributed by atoms with Crippen LogP contribution in [0.15, 0.2) is 12.1 Å². The Hall–Kier alpha value is -1.56. The van der Waals surface area contributed by atoms with Gasteiger partial charge < -0.3 is 10.6 Å². The summed E-state index contributed by atoms with van der Waals surface area (Å²) in [5.41, 5.74) is -0.0945. The molecule has 1 rings (SSSR count). The van der Waals surface area contributed by atoms with Gasteiger partial charge in [0.25, 0.3) is 0 Å². The first kappa shape index (κ1) is 13.5. The van der Waals surface area contributed by atoms with Crippen LogP contribution < -0.4 is 10.6 Å². The Morgan fingerprint density at radius 3 is 2.35 bits per heavy atom. The molecule has 0 aliphatic carbocycles. The molecule has 0 aliphatic rings. The van der Waals surface area contributed by atoms with Gasteiger partial charge in [-0.2, -0.15) is 0 Å². The van der Waals surface area contributed by atoms with Crippen molar-refractivity contribution in [2.75, 3.05) is 18.4 Å². The zero-order valence-electron chi connectivity index (χ0n) is 9.32. The lowest BCUT2D eigenvalue weighted by Gasteiger charge is -2.06. The van der Waals surface area contributed by atoms with Crippen molar-refractivity contribution in [2.24, 2.45) is 0 Å². The van der Waals surface area contributed by atoms with E-state index >= 15 is 0 Å². The minimum atomic E-state index is -1.55. The van der Waals surface area contributed by atoms with Crippen LogP contribution in [0.4, 0.5) is 18.9 Å². The molecule has 0 saturated carbocycles. The van der Waals surface area contributed by atoms with Gasteiger partial charge in [-0.15, -0.1) is 0 Å². The summed E-state index contributed by atoms with van der Waals surface area (Å²) < 4.78 is 38.3. The molecule has 1 aromatic carbocycles. The highest BCUT2D eigenvalue weighted by Gasteiger charge is 2.11. The Labute approximate surface area is 97.0 Å². The van der Waals surface area contributed by atoms with E-state index in [2.05, 4.69) is 10.6 Å². The van der Waals surface area contributed by atoms with Crippen LogP contribution in [0.2, 0.25) is 0 Å². The highest BCUT2D eigenvalue weighted by atomic mass is 19.2. The normalized spacial score (nSPS) is 10.4. The number of carbonyl (C=O) groups is 1. The predicted molar refractivity (Wildman–Crippen MR) is 58.1 cm³/mol. The summed E-state index contributed by atoms with van der Waals surface area (Å²) in [7, 11) is 0. The third-order valence-electron chi connectivity index (χ3n) is 2.05. The van der Waals surface area contributed by atoms with E-state index in [4.69, 9.17) is 0 Å². The van der Waals surface area contributed by atoms with Crippen LogP contribution in [0.3, 0.4) is 0 Å². The molecule has 0 bridgehead atoms. The van der Waals surface area contributed by atoms with E-state index in [1.54, 1.807) is 0 Å². The zero-order valence-corrected chi connectivity index (χ0v) is 9.32. The summed E-state index contributed by atoms with van der Waals surface area (Å²) in [4.78, 5) is 11.3. The highest BCUT2D eigenvalue weighted by Crippen LogP contribution is 2.17. The van der Waals surface area contributed by atoms with E-state index in [-0.39, 0.29) is 12.1 Å². The first-order valence-corrected chi connectivity index (χ1v) is 5.19. The third kappa shape index (κ3) is 4.07. The van der Waals surface area contributed by atoms with E-state index in [9.17, 15) is 18.0 Å². The average Bonchev–Trinajstić information content (AvgIpc) is 2.26. The van der Waals surface area contributed by atoms with Crippen LogP contribution in [-0.2, 0) is 4.79 Å². The van der Waals surface area contributed by atoms with Crippen molar-refractivity contribution in [3.8, 4) is 0 Å². The van der Waals surface area contributed by atoms with E-state index < -0.39 is 23.4 Å². The lowest BCUT2D eigenvalue weighted by molar-refractivity contribution is -0.116. The largest absolute Gasteiger partial charge is 0.326 e. The van der Waals surface area contributed by atoms with Crippen LogP contribution >= 0.6 is 0 Å². The molecule has 0 radical (unpaired) electrons. The quantitative estimate of drug-likeness (QED) is 0.616. The van der Waals surface area contributed by atoms with Gasteiger partial charge in [0, 0.05) is 30.8 Å². The van der Waals surface area contributed by atoms with Gasteiger partial charge in [0.05, 0.1) is 0 Å². The SMILES string of the molecule is CCNCCC(=O)Nc1cc(F)c(F)c(F)c1. The first-order valence-electron chi connectivity index (χ1n) is 5.19. The van der Waals surface area contributed by atoms with Gasteiger partial charge in [-0.3, -0.25) is 4.79 Å². The Balaban J connectivity index is 2.60. The summed E-state index contributed by atoms with van der Waals surface area (Å²) in [5.74, 6) is -4.59. The Bertz CT molecular complexity index is 387. The van der Waals surface area contributed by atoms with Gasteiger partial charge >= 0.3 is 0 Å². The Morgan fingerprint density at radius 1 is 1.24 bits per heavy atom. The smallest absolute Gasteiger partial charge is 0.225 e. The van der Waals surface area contributed by atoms with Crippen LogP contribution in [0.5, 0.6) is 0 Å². The number of halogens is 3. The average molecular weight is 246 g/mol. The number of amides is 1. The second-order valence-corrected chi connectivity index (χ2v) is 3.41. The molecule has 0 fully saturated rings. The standard InChI is InChI=1S/C11H13F3N2O/c1-2-15-4-3-10(17)16-7-5-8(12)11(14)9(13)6-7/h5-6,15H,2-4H2,1H3,(H,16,17). The van der Waals surface area contributed by atoms with Crippen molar-refractivity contribution in [3.63, 3.8) is 0 Å². The molecule has 0 unspecified atom stereocenters. The number of anilines is 1.